The van der Waals surface area contributed by atoms with Crippen LogP contribution in [0.25, 0.3) is 5.57 Å². The molecule has 0 spiro atoms. The van der Waals surface area contributed by atoms with Crippen LogP contribution < -0.4 is 0 Å². The third-order valence-electron chi connectivity index (χ3n) is 1.51. The number of nitrogens with one attached hydrogen (secondary N) is 1. The molecule has 0 unspecified atom stereocenters. The van der Waals surface area contributed by atoms with Gasteiger partial charge in [0.05, 0.1) is 11.8 Å². The highest BCUT2D eigenvalue weighted by atomic mass is 16.4. The zero-order valence-corrected chi connectivity index (χ0v) is 6.77. The van der Waals surface area contributed by atoms with Crippen molar-refractivity contribution in [3.63, 3.8) is 0 Å². The summed E-state index contributed by atoms with van der Waals surface area (Å²) in [6.07, 6.45) is 1.01. The predicted octanol–water partition coefficient (Wildman–Crippen LogP) is 2.14. The fourth-order valence-electron chi connectivity index (χ4n) is 0.935. The average molecular weight is 176 g/mol. The highest BCUT2D eigenvalue weighted by molar-refractivity contribution is 6.15. The number of carboxylic acid groups (broad SMARTS) is 1. The molecule has 0 aliphatic heterocycles. The number of carboxylic acids is 1. The molecule has 0 aliphatic carbocycles. The van der Waals surface area contributed by atoms with Crippen molar-refractivity contribution in [2.45, 2.75) is 0 Å². The molecular formula is C9H8N2O2. The van der Waals surface area contributed by atoms with Crippen molar-refractivity contribution in [2.24, 2.45) is 5.11 Å². The summed E-state index contributed by atoms with van der Waals surface area (Å²) in [5, 5.41) is 11.7. The van der Waals surface area contributed by atoms with Crippen molar-refractivity contribution in [3.8, 4) is 0 Å². The minimum atomic E-state index is -1.08. The Morgan fingerprint density at radius 1 is 1.38 bits per heavy atom. The van der Waals surface area contributed by atoms with E-state index in [9.17, 15) is 4.79 Å². The number of aliphatic carboxylic acids is 1. The van der Waals surface area contributed by atoms with Crippen LogP contribution in [0, 0.1) is 5.53 Å². The first kappa shape index (κ1) is 9.12. The smallest absolute Gasteiger partial charge is 0.337 e. The second-order valence-electron chi connectivity index (χ2n) is 2.34. The first-order chi connectivity index (χ1) is 6.25. The van der Waals surface area contributed by atoms with Crippen molar-refractivity contribution < 1.29 is 9.90 Å². The van der Waals surface area contributed by atoms with Crippen LogP contribution in [-0.4, -0.2) is 11.1 Å². The van der Waals surface area contributed by atoms with E-state index in [0.29, 0.717) is 5.56 Å². The number of rotatable bonds is 3. The quantitative estimate of drug-likeness (QED) is 0.547. The predicted molar refractivity (Wildman–Crippen MR) is 47.2 cm³/mol. The molecule has 0 aromatic heterocycles. The van der Waals surface area contributed by atoms with E-state index in [4.69, 9.17) is 10.6 Å². The summed E-state index contributed by atoms with van der Waals surface area (Å²) in [6, 6.07) is 8.57. The van der Waals surface area contributed by atoms with E-state index in [-0.39, 0.29) is 5.57 Å². The summed E-state index contributed by atoms with van der Waals surface area (Å²) < 4.78 is 0. The standard InChI is InChI=1S/C9H8N2O2/c10-11-6-8(9(12)13)7-4-2-1-3-5-7/h1-6,10H,(H,12,13). The molecule has 4 heteroatoms. The molecule has 0 amide bonds. The maximum Gasteiger partial charge on any atom is 0.337 e. The molecule has 0 heterocycles. The molecule has 1 aromatic rings. The molecule has 0 radical (unpaired) electrons. The molecule has 1 aromatic carbocycles. The maximum absolute atomic E-state index is 10.7. The Morgan fingerprint density at radius 2 is 2.00 bits per heavy atom. The van der Waals surface area contributed by atoms with Gasteiger partial charge in [0.15, 0.2) is 0 Å². The summed E-state index contributed by atoms with van der Waals surface area (Å²) in [4.78, 5) is 10.7. The maximum atomic E-state index is 10.7. The SMILES string of the molecule is N=NC=C(C(=O)O)c1ccccc1. The molecule has 0 aliphatic rings. The highest BCUT2D eigenvalue weighted by Gasteiger charge is 2.08. The Balaban J connectivity index is 3.10. The zero-order valence-electron chi connectivity index (χ0n) is 6.77. The number of carbonyl (C=O) groups is 1. The zero-order chi connectivity index (χ0) is 9.68. The molecule has 0 saturated carbocycles. The van der Waals surface area contributed by atoms with Crippen LogP contribution in [0.2, 0.25) is 0 Å². The largest absolute Gasteiger partial charge is 0.478 e. The summed E-state index contributed by atoms with van der Waals surface area (Å²) in [7, 11) is 0. The van der Waals surface area contributed by atoms with Crippen LogP contribution in [0.1, 0.15) is 5.56 Å². The number of benzene rings is 1. The van der Waals surface area contributed by atoms with Gasteiger partial charge in [0, 0.05) is 0 Å². The number of hydrogen-bond acceptors (Lipinski definition) is 3. The first-order valence-corrected chi connectivity index (χ1v) is 3.61. The Labute approximate surface area is 75.0 Å². The van der Waals surface area contributed by atoms with Crippen molar-refractivity contribution in [1.82, 2.24) is 0 Å². The Hall–Kier alpha value is -1.97. The molecule has 13 heavy (non-hydrogen) atoms. The molecule has 1 rings (SSSR count). The fourth-order valence-corrected chi connectivity index (χ4v) is 0.935. The summed E-state index contributed by atoms with van der Waals surface area (Å²) >= 11 is 0. The summed E-state index contributed by atoms with van der Waals surface area (Å²) in [5.41, 5.74) is 7.13. The van der Waals surface area contributed by atoms with E-state index in [1.807, 2.05) is 0 Å². The van der Waals surface area contributed by atoms with Crippen LogP contribution in [0.4, 0.5) is 0 Å². The van der Waals surface area contributed by atoms with Gasteiger partial charge in [0.25, 0.3) is 0 Å². The summed E-state index contributed by atoms with van der Waals surface area (Å²) in [6.45, 7) is 0. The molecule has 0 saturated heterocycles. The molecule has 0 fully saturated rings. The molecule has 66 valence electrons. The Kier molecular flexibility index (Phi) is 2.92. The minimum absolute atomic E-state index is 0.0237. The van der Waals surface area contributed by atoms with Gasteiger partial charge in [-0.2, -0.15) is 5.11 Å². The van der Waals surface area contributed by atoms with E-state index < -0.39 is 5.97 Å². The van der Waals surface area contributed by atoms with Gasteiger partial charge in [-0.25, -0.2) is 10.3 Å². The third-order valence-corrected chi connectivity index (χ3v) is 1.51. The number of hydrogen-bond donors (Lipinski definition) is 2. The van der Waals surface area contributed by atoms with Gasteiger partial charge in [0.2, 0.25) is 0 Å². The normalized spacial score (nSPS) is 10.9. The fraction of sp³-hybridized carbons (Fsp3) is 0. The number of nitrogens with zero attached hydrogens (tertiary/aromatic N) is 1. The van der Waals surface area contributed by atoms with Crippen LogP contribution in [0.15, 0.2) is 41.6 Å². The lowest BCUT2D eigenvalue weighted by atomic mass is 10.1. The van der Waals surface area contributed by atoms with Crippen LogP contribution in [0.3, 0.4) is 0 Å². The van der Waals surface area contributed by atoms with Gasteiger partial charge in [-0.1, -0.05) is 30.3 Å². The van der Waals surface area contributed by atoms with Gasteiger partial charge in [-0.05, 0) is 5.56 Å². The second-order valence-corrected chi connectivity index (χ2v) is 2.34. The first-order valence-electron chi connectivity index (χ1n) is 3.61. The monoisotopic (exact) mass is 176 g/mol. The van der Waals surface area contributed by atoms with E-state index in [2.05, 4.69) is 5.11 Å². The molecular weight excluding hydrogens is 168 g/mol. The van der Waals surface area contributed by atoms with E-state index in [0.717, 1.165) is 6.20 Å². The van der Waals surface area contributed by atoms with Gasteiger partial charge in [-0.15, -0.1) is 0 Å². The van der Waals surface area contributed by atoms with E-state index >= 15 is 0 Å². The highest BCUT2D eigenvalue weighted by Crippen LogP contribution is 2.13. The molecule has 2 N–H and O–H groups in total. The summed E-state index contributed by atoms with van der Waals surface area (Å²) in [5.74, 6) is -1.08. The van der Waals surface area contributed by atoms with Crippen molar-refractivity contribution in [3.05, 3.63) is 42.1 Å². The van der Waals surface area contributed by atoms with Crippen LogP contribution in [0.5, 0.6) is 0 Å². The van der Waals surface area contributed by atoms with Gasteiger partial charge < -0.3 is 5.11 Å². The van der Waals surface area contributed by atoms with Gasteiger partial charge >= 0.3 is 5.97 Å². The van der Waals surface area contributed by atoms with Crippen LogP contribution in [-0.2, 0) is 4.79 Å². The lowest BCUT2D eigenvalue weighted by Gasteiger charge is -1.98. The average Bonchev–Trinajstić information content (AvgIpc) is 2.15. The van der Waals surface area contributed by atoms with E-state index in [1.165, 1.54) is 0 Å². The second kappa shape index (κ2) is 4.15. The molecule has 4 nitrogen and oxygen atoms in total. The van der Waals surface area contributed by atoms with E-state index in [1.54, 1.807) is 30.3 Å². The van der Waals surface area contributed by atoms with Gasteiger partial charge in [0.1, 0.15) is 0 Å². The van der Waals surface area contributed by atoms with Gasteiger partial charge in [-0.3, -0.25) is 0 Å². The molecule has 0 bridgehead atoms. The minimum Gasteiger partial charge on any atom is -0.478 e. The third kappa shape index (κ3) is 2.23. The Morgan fingerprint density at radius 3 is 2.46 bits per heavy atom. The van der Waals surface area contributed by atoms with Crippen molar-refractivity contribution in [1.29, 1.82) is 5.53 Å². The lowest BCUT2D eigenvalue weighted by molar-refractivity contribution is -0.130. The van der Waals surface area contributed by atoms with Crippen molar-refractivity contribution >= 4 is 11.5 Å². The Bertz CT molecular complexity index is 344. The lowest BCUT2D eigenvalue weighted by Crippen LogP contribution is -1.98. The van der Waals surface area contributed by atoms with Crippen LogP contribution >= 0.6 is 0 Å². The molecule has 0 atom stereocenters. The van der Waals surface area contributed by atoms with Crippen molar-refractivity contribution in [2.75, 3.05) is 0 Å². The topological polar surface area (TPSA) is 73.5 Å².